The molecule has 1 heterocycles. The van der Waals surface area contributed by atoms with E-state index in [1.165, 1.54) is 25.4 Å². The molecular formula is C7H9N3O2S2. The molecule has 14 heavy (non-hydrogen) atoms. The Morgan fingerprint density at radius 2 is 2.21 bits per heavy atom. The minimum Gasteiger partial charge on any atom is -0.388 e. The highest BCUT2D eigenvalue weighted by Gasteiger charge is 2.11. The summed E-state index contributed by atoms with van der Waals surface area (Å²) >= 11 is 4.68. The molecule has 0 unspecified atom stereocenters. The molecule has 0 saturated heterocycles. The minimum atomic E-state index is -3.44. The molecule has 7 heteroatoms. The van der Waals surface area contributed by atoms with E-state index in [0.717, 1.165) is 0 Å². The fourth-order valence-electron chi connectivity index (χ4n) is 0.803. The Bertz CT molecular complexity index is 439. The second-order valence-corrected chi connectivity index (χ2v) is 4.78. The van der Waals surface area contributed by atoms with Crippen molar-refractivity contribution in [1.29, 1.82) is 0 Å². The van der Waals surface area contributed by atoms with Crippen LogP contribution >= 0.6 is 12.2 Å². The number of hydrogen-bond donors (Lipinski definition) is 2. The van der Waals surface area contributed by atoms with Crippen LogP contribution in [-0.4, -0.2) is 25.4 Å². The van der Waals surface area contributed by atoms with Gasteiger partial charge in [0, 0.05) is 6.20 Å². The summed E-state index contributed by atoms with van der Waals surface area (Å²) in [5.41, 5.74) is 5.71. The lowest BCUT2D eigenvalue weighted by molar-refractivity contribution is 0.588. The molecule has 5 nitrogen and oxygen atoms in total. The summed E-state index contributed by atoms with van der Waals surface area (Å²) < 4.78 is 24.7. The Morgan fingerprint density at radius 1 is 1.57 bits per heavy atom. The molecule has 0 aliphatic heterocycles. The molecule has 0 spiro atoms. The third-order valence-corrected chi connectivity index (χ3v) is 3.18. The van der Waals surface area contributed by atoms with Crippen LogP contribution in [0.1, 0.15) is 5.69 Å². The topological polar surface area (TPSA) is 85.1 Å². The van der Waals surface area contributed by atoms with Crippen molar-refractivity contribution in [2.75, 3.05) is 7.05 Å². The normalized spacial score (nSPS) is 11.2. The van der Waals surface area contributed by atoms with Crippen molar-refractivity contribution in [2.24, 2.45) is 5.73 Å². The van der Waals surface area contributed by atoms with Gasteiger partial charge >= 0.3 is 0 Å². The van der Waals surface area contributed by atoms with Crippen LogP contribution in [0.25, 0.3) is 0 Å². The molecule has 0 aliphatic carbocycles. The van der Waals surface area contributed by atoms with Crippen LogP contribution in [-0.2, 0) is 10.0 Å². The summed E-state index contributed by atoms with van der Waals surface area (Å²) in [5, 5.41) is 0. The molecule has 0 aromatic carbocycles. The summed E-state index contributed by atoms with van der Waals surface area (Å²) in [4.78, 5) is 4.03. The van der Waals surface area contributed by atoms with Crippen molar-refractivity contribution in [2.45, 2.75) is 4.90 Å². The zero-order valence-electron chi connectivity index (χ0n) is 7.39. The van der Waals surface area contributed by atoms with E-state index in [0.29, 0.717) is 5.69 Å². The first-order valence-corrected chi connectivity index (χ1v) is 5.56. The predicted octanol–water partition coefficient (Wildman–Crippen LogP) is -0.376. The van der Waals surface area contributed by atoms with E-state index in [9.17, 15) is 8.42 Å². The summed E-state index contributed by atoms with van der Waals surface area (Å²) in [6.45, 7) is 0. The van der Waals surface area contributed by atoms with Crippen LogP contribution < -0.4 is 10.5 Å². The molecule has 0 fully saturated rings. The second kappa shape index (κ2) is 3.99. The third kappa shape index (κ3) is 2.25. The van der Waals surface area contributed by atoms with Gasteiger partial charge in [-0.3, -0.25) is 4.98 Å². The lowest BCUT2D eigenvalue weighted by Crippen LogP contribution is -2.19. The molecule has 1 aromatic heterocycles. The third-order valence-electron chi connectivity index (χ3n) is 1.57. The first kappa shape index (κ1) is 11.0. The highest BCUT2D eigenvalue weighted by Crippen LogP contribution is 2.06. The van der Waals surface area contributed by atoms with Gasteiger partial charge in [0.1, 0.15) is 9.88 Å². The van der Waals surface area contributed by atoms with Crippen LogP contribution in [0.3, 0.4) is 0 Å². The summed E-state index contributed by atoms with van der Waals surface area (Å²) in [5.74, 6) is 0. The number of sulfonamides is 1. The maximum absolute atomic E-state index is 11.3. The van der Waals surface area contributed by atoms with Gasteiger partial charge < -0.3 is 5.73 Å². The molecule has 1 rings (SSSR count). The van der Waals surface area contributed by atoms with E-state index in [4.69, 9.17) is 5.73 Å². The van der Waals surface area contributed by atoms with E-state index in [-0.39, 0.29) is 9.88 Å². The Morgan fingerprint density at radius 3 is 2.57 bits per heavy atom. The number of aromatic nitrogens is 1. The smallest absolute Gasteiger partial charge is 0.241 e. The molecule has 0 aliphatic rings. The van der Waals surface area contributed by atoms with E-state index in [2.05, 4.69) is 21.9 Å². The molecule has 0 atom stereocenters. The van der Waals surface area contributed by atoms with Gasteiger partial charge in [0.15, 0.2) is 0 Å². The molecule has 3 N–H and O–H groups in total. The highest BCUT2D eigenvalue weighted by atomic mass is 32.2. The zero-order valence-corrected chi connectivity index (χ0v) is 9.02. The number of rotatable bonds is 3. The fraction of sp³-hybridized carbons (Fsp3) is 0.143. The second-order valence-electron chi connectivity index (χ2n) is 2.45. The van der Waals surface area contributed by atoms with Crippen LogP contribution in [0.2, 0.25) is 0 Å². The van der Waals surface area contributed by atoms with Gasteiger partial charge in [0.2, 0.25) is 10.0 Å². The number of thiocarbonyl (C=S) groups is 1. The van der Waals surface area contributed by atoms with Crippen molar-refractivity contribution < 1.29 is 8.42 Å². The van der Waals surface area contributed by atoms with Gasteiger partial charge in [-0.05, 0) is 19.2 Å². The Labute approximate surface area is 87.4 Å². The number of nitrogens with two attached hydrogens (primary N) is 1. The summed E-state index contributed by atoms with van der Waals surface area (Å²) in [6.07, 6.45) is 1.21. The van der Waals surface area contributed by atoms with Gasteiger partial charge in [0.25, 0.3) is 0 Å². The fourth-order valence-corrected chi connectivity index (χ4v) is 1.60. The molecule has 0 amide bonds. The molecule has 0 saturated carbocycles. The average Bonchev–Trinajstić information content (AvgIpc) is 2.18. The zero-order chi connectivity index (χ0) is 10.8. The number of nitrogens with zero attached hydrogens (tertiary/aromatic N) is 1. The van der Waals surface area contributed by atoms with Crippen molar-refractivity contribution >= 4 is 27.2 Å². The van der Waals surface area contributed by atoms with Crippen molar-refractivity contribution in [3.05, 3.63) is 24.0 Å². The lowest BCUT2D eigenvalue weighted by atomic mass is 10.3. The first-order valence-electron chi connectivity index (χ1n) is 3.67. The maximum atomic E-state index is 11.3. The van der Waals surface area contributed by atoms with Crippen LogP contribution in [0.15, 0.2) is 23.2 Å². The first-order chi connectivity index (χ1) is 6.47. The van der Waals surface area contributed by atoms with Crippen molar-refractivity contribution in [3.63, 3.8) is 0 Å². The SMILES string of the molecule is CNS(=O)(=O)c1ccc(C(N)=S)nc1. The average molecular weight is 231 g/mol. The van der Waals surface area contributed by atoms with E-state index >= 15 is 0 Å². The number of hydrogen-bond acceptors (Lipinski definition) is 4. The Balaban J connectivity index is 3.12. The molecular weight excluding hydrogens is 222 g/mol. The molecule has 1 aromatic rings. The van der Waals surface area contributed by atoms with Crippen molar-refractivity contribution in [3.8, 4) is 0 Å². The lowest BCUT2D eigenvalue weighted by Gasteiger charge is -2.02. The standard InChI is InChI=1S/C7H9N3O2S2/c1-9-14(11,12)5-2-3-6(7(8)13)10-4-5/h2-4,9H,1H3,(H2,8,13). The van der Waals surface area contributed by atoms with Gasteiger partial charge in [-0.1, -0.05) is 12.2 Å². The molecule has 76 valence electrons. The van der Waals surface area contributed by atoms with Crippen molar-refractivity contribution in [1.82, 2.24) is 9.71 Å². The number of pyridine rings is 1. The number of nitrogens with one attached hydrogen (secondary N) is 1. The molecule has 0 radical (unpaired) electrons. The largest absolute Gasteiger partial charge is 0.388 e. The van der Waals surface area contributed by atoms with Gasteiger partial charge in [-0.2, -0.15) is 0 Å². The Hall–Kier alpha value is -1.05. The molecule has 0 bridgehead atoms. The van der Waals surface area contributed by atoms with E-state index < -0.39 is 10.0 Å². The highest BCUT2D eigenvalue weighted by molar-refractivity contribution is 7.89. The van der Waals surface area contributed by atoms with Crippen LogP contribution in [0, 0.1) is 0 Å². The van der Waals surface area contributed by atoms with Crippen LogP contribution in [0.4, 0.5) is 0 Å². The van der Waals surface area contributed by atoms with Crippen LogP contribution in [0.5, 0.6) is 0 Å². The minimum absolute atomic E-state index is 0.0833. The maximum Gasteiger partial charge on any atom is 0.241 e. The predicted molar refractivity (Wildman–Crippen MR) is 56.4 cm³/mol. The van der Waals surface area contributed by atoms with E-state index in [1.807, 2.05) is 0 Å². The monoisotopic (exact) mass is 231 g/mol. The van der Waals surface area contributed by atoms with Gasteiger partial charge in [-0.15, -0.1) is 0 Å². The van der Waals surface area contributed by atoms with E-state index in [1.54, 1.807) is 0 Å². The Kier molecular flexibility index (Phi) is 3.14. The summed E-state index contributed by atoms with van der Waals surface area (Å²) in [6, 6.07) is 2.86. The van der Waals surface area contributed by atoms with Gasteiger partial charge in [0.05, 0.1) is 5.69 Å². The summed E-state index contributed by atoms with van der Waals surface area (Å²) in [7, 11) is -2.11. The van der Waals surface area contributed by atoms with Gasteiger partial charge in [-0.25, -0.2) is 13.1 Å². The quantitative estimate of drug-likeness (QED) is 0.693.